The minimum absolute atomic E-state index is 0.0707. The summed E-state index contributed by atoms with van der Waals surface area (Å²) in [6.45, 7) is 0.702. The molecule has 0 saturated carbocycles. The number of rotatable bonds is 70. The molecule has 30 N–H and O–H groups in total. The van der Waals surface area contributed by atoms with E-state index < -0.39 is 125 Å². The highest BCUT2D eigenvalue weighted by molar-refractivity contribution is 5.82. The van der Waals surface area contributed by atoms with Crippen LogP contribution in [0, 0.1) is 0 Å². The van der Waals surface area contributed by atoms with E-state index >= 15 is 0 Å². The number of hydrogen-bond donors (Lipinski definition) is 20. The van der Waals surface area contributed by atoms with Gasteiger partial charge < -0.3 is 158 Å². The van der Waals surface area contributed by atoms with Gasteiger partial charge in [0.25, 0.3) is 59.1 Å². The van der Waals surface area contributed by atoms with Crippen molar-refractivity contribution in [3.8, 4) is 57.5 Å². The first-order valence-corrected chi connectivity index (χ1v) is 47.4. The van der Waals surface area contributed by atoms with Crippen molar-refractivity contribution < 1.29 is 95.3 Å². The Balaban J connectivity index is 1.91. The molecule has 15 rings (SSSR count). The summed E-state index contributed by atoms with van der Waals surface area (Å²) in [6, 6.07) is 16.2. The zero-order chi connectivity index (χ0) is 97.4. The number of amides is 10. The number of nitrogens with two attached hydrogens (primary N) is 10. The zero-order valence-electron chi connectivity index (χ0n) is 78.6. The van der Waals surface area contributed by atoms with Crippen LogP contribution in [-0.4, -0.2) is 256 Å². The van der Waals surface area contributed by atoms with Gasteiger partial charge in [0.1, 0.15) is 57.5 Å². The molecule has 135 heavy (non-hydrogen) atoms. The largest absolute Gasteiger partial charge is 0.483 e. The monoisotopic (exact) mass is 1890 g/mol. The molecular formula is C95H150N20O20. The van der Waals surface area contributed by atoms with Crippen molar-refractivity contribution in [1.29, 1.82) is 0 Å². The van der Waals surface area contributed by atoms with Gasteiger partial charge in [0.2, 0.25) is 0 Å². The molecule has 0 saturated heterocycles. The van der Waals surface area contributed by atoms with E-state index in [0.29, 0.717) is 249 Å². The van der Waals surface area contributed by atoms with E-state index in [1.54, 1.807) is 60.7 Å². The first-order chi connectivity index (χ1) is 65.7. The van der Waals surface area contributed by atoms with Crippen molar-refractivity contribution in [3.63, 3.8) is 0 Å². The average molecular weight is 1890 g/mol. The summed E-state index contributed by atoms with van der Waals surface area (Å²) in [5.41, 5.74) is 61.6. The van der Waals surface area contributed by atoms with Crippen LogP contribution >= 0.6 is 0 Å². The molecule has 0 fully saturated rings. The Morgan fingerprint density at radius 1 is 0.163 bits per heavy atom. The predicted octanol–water partition coefficient (Wildman–Crippen LogP) is 0.293. The second-order valence-corrected chi connectivity index (χ2v) is 32.6. The SMILES string of the molecule is NCCCCNC(=O)COc1cc2c(OCC(=O)NCCCCN)cc1Cc1cc(OCC(=O)NCCCCN)c(cc1OCC(=O)NCCCCN)Cc1cc(OCC(=O)NCCCCN)c(cc1OCC(=O)NCCCCN)Cc1cc(OCC(=O)NCCCCN)c(cc1OCC(=O)NCCCCN)Cc1cc(OCC(=O)NCCCCN)c(cc1OCC(=O)NCCCCN)C2. The highest BCUT2D eigenvalue weighted by Gasteiger charge is 2.28. The minimum Gasteiger partial charge on any atom is -0.483 e. The molecule has 5 aromatic carbocycles. The number of nitrogens with one attached hydrogen (secondary N) is 10. The molecule has 0 aromatic heterocycles. The molecule has 0 unspecified atom stereocenters. The number of benzene rings is 5. The lowest BCUT2D eigenvalue weighted by atomic mass is 9.94. The molecule has 0 spiro atoms. The summed E-state index contributed by atoms with van der Waals surface area (Å²) in [5, 5.41) is 29.1. The van der Waals surface area contributed by atoms with Crippen LogP contribution in [0.5, 0.6) is 57.5 Å². The van der Waals surface area contributed by atoms with Gasteiger partial charge in [0, 0.05) is 153 Å². The first kappa shape index (κ1) is 112. The second kappa shape index (κ2) is 67.6. The molecule has 5 aromatic rings. The predicted molar refractivity (Wildman–Crippen MR) is 514 cm³/mol. The van der Waals surface area contributed by atoms with Gasteiger partial charge in [-0.25, -0.2) is 0 Å². The van der Waals surface area contributed by atoms with Gasteiger partial charge in [-0.3, -0.25) is 47.9 Å². The maximum absolute atomic E-state index is 14.2. The molecule has 10 amide bonds. The van der Waals surface area contributed by atoms with E-state index in [1.807, 2.05) is 0 Å². The summed E-state index contributed by atoms with van der Waals surface area (Å²) in [5.74, 6) is -4.43. The maximum Gasteiger partial charge on any atom is 0.257 e. The van der Waals surface area contributed by atoms with Crippen LogP contribution in [0.1, 0.15) is 184 Å². The number of carbonyl (C=O) groups is 10. The molecule has 0 heterocycles. The van der Waals surface area contributed by atoms with Crippen LogP contribution in [0.2, 0.25) is 0 Å². The fourth-order valence-corrected chi connectivity index (χ4v) is 13.9. The fraction of sp³-hybridized carbons (Fsp3) is 0.579. The average Bonchev–Trinajstić information content (AvgIpc) is 1.62. The Hall–Kier alpha value is -11.6. The lowest BCUT2D eigenvalue weighted by Gasteiger charge is -2.22. The van der Waals surface area contributed by atoms with Crippen molar-refractivity contribution in [3.05, 3.63) is 116 Å². The van der Waals surface area contributed by atoms with Crippen molar-refractivity contribution in [1.82, 2.24) is 53.2 Å². The molecule has 40 heteroatoms. The van der Waals surface area contributed by atoms with Gasteiger partial charge >= 0.3 is 0 Å². The lowest BCUT2D eigenvalue weighted by molar-refractivity contribution is -0.123. The van der Waals surface area contributed by atoms with E-state index in [9.17, 15) is 47.9 Å². The van der Waals surface area contributed by atoms with E-state index in [4.69, 9.17) is 105 Å². The summed E-state index contributed by atoms with van der Waals surface area (Å²) in [4.78, 5) is 142. The van der Waals surface area contributed by atoms with Crippen molar-refractivity contribution >= 4 is 59.1 Å². The third-order valence-corrected chi connectivity index (χ3v) is 21.2. The molecule has 0 radical (unpaired) electrons. The fourth-order valence-electron chi connectivity index (χ4n) is 13.9. The van der Waals surface area contributed by atoms with Gasteiger partial charge in [-0.2, -0.15) is 0 Å². The molecule has 40 nitrogen and oxygen atoms in total. The highest BCUT2D eigenvalue weighted by atomic mass is 16.5. The standard InChI is InChI=1S/C95H150N20O20/c96-21-1-11-31-106-86(116)56-126-76-46-67-42-69-49-81(131-61-91(121)111-36-16-6-26-101)71(51-80(69)130-60-90(120)110-35-15-5-25-100)44-73-53-85(135-65-95(125)115-40-20-10-30-105)75(55-84(73)134-64-94(124)114-39-19-9-29-104)45-74-54-82(132-62-92(122)112-37-17-7-27-102)72(52-83(74)133-63-93(123)113-38-18-8-28-103)43-70-50-78(128-58-88(118)108-33-13-3-23-98)68(48-79(70)129-59-89(119)109-34-14-4-24-99)41-66(76)47-77(67)127-57-87(117)107-32-12-2-22-97/h46-55H,1-45,56-65,96-105H2,(H,106,116)(H,107,117)(H,108,118)(H,109,119)(H,110,120)(H,111,121)(H,112,122)(H,113,123)(H,114,124)(H,115,125). The number of hydrogen-bond acceptors (Lipinski definition) is 30. The second-order valence-electron chi connectivity index (χ2n) is 32.6. The van der Waals surface area contributed by atoms with E-state index in [2.05, 4.69) is 53.2 Å². The summed E-state index contributed by atoms with van der Waals surface area (Å²) in [7, 11) is 0. The smallest absolute Gasteiger partial charge is 0.257 e. The van der Waals surface area contributed by atoms with Gasteiger partial charge in [0.15, 0.2) is 66.1 Å². The summed E-state index contributed by atoms with van der Waals surface area (Å²) in [6.07, 6.45) is 10.6. The molecule has 10 bridgehead atoms. The Labute approximate surface area is 792 Å². The van der Waals surface area contributed by atoms with Crippen molar-refractivity contribution in [2.75, 3.05) is 197 Å². The third kappa shape index (κ3) is 45.1. The number of unbranched alkanes of at least 4 members (excludes halogenated alkanes) is 10. The van der Waals surface area contributed by atoms with Crippen LogP contribution < -0.4 is 158 Å². The quantitative estimate of drug-likeness (QED) is 0.0228. The van der Waals surface area contributed by atoms with E-state index in [0.717, 1.165) is 0 Å². The lowest BCUT2D eigenvalue weighted by Crippen LogP contribution is -2.31. The Bertz CT molecular complexity index is 3550. The Kier molecular flexibility index (Phi) is 56.1. The van der Waals surface area contributed by atoms with Gasteiger partial charge in [-0.05, 0) is 255 Å². The first-order valence-electron chi connectivity index (χ1n) is 47.4. The van der Waals surface area contributed by atoms with E-state index in [-0.39, 0.29) is 155 Å². The Morgan fingerprint density at radius 2 is 0.252 bits per heavy atom. The van der Waals surface area contributed by atoms with Crippen molar-refractivity contribution in [2.24, 2.45) is 57.3 Å². The summed E-state index contributed by atoms with van der Waals surface area (Å²) < 4.78 is 67.1. The zero-order valence-corrected chi connectivity index (χ0v) is 78.6. The van der Waals surface area contributed by atoms with Crippen LogP contribution in [-0.2, 0) is 80.0 Å². The maximum atomic E-state index is 14.2. The molecule has 10 aliphatic rings. The molecular weight excluding hydrogens is 1740 g/mol. The molecule has 750 valence electrons. The molecule has 10 aliphatic carbocycles. The van der Waals surface area contributed by atoms with Crippen molar-refractivity contribution in [2.45, 2.75) is 161 Å². The van der Waals surface area contributed by atoms with Crippen LogP contribution in [0.3, 0.4) is 0 Å². The normalized spacial score (nSPS) is 11.5. The topological polar surface area (TPSA) is 643 Å². The van der Waals surface area contributed by atoms with Gasteiger partial charge in [-0.15, -0.1) is 0 Å². The summed E-state index contributed by atoms with van der Waals surface area (Å²) >= 11 is 0. The van der Waals surface area contributed by atoms with E-state index in [1.165, 1.54) is 0 Å². The molecule has 0 atom stereocenters. The molecule has 0 aliphatic heterocycles. The van der Waals surface area contributed by atoms with Gasteiger partial charge in [0.05, 0.1) is 0 Å². The number of carbonyl (C=O) groups excluding carboxylic acids is 10. The van der Waals surface area contributed by atoms with Gasteiger partial charge in [-0.1, -0.05) is 0 Å². The third-order valence-electron chi connectivity index (χ3n) is 21.2. The van der Waals surface area contributed by atoms with Crippen LogP contribution in [0.15, 0.2) is 60.7 Å². The van der Waals surface area contributed by atoms with Crippen LogP contribution in [0.25, 0.3) is 0 Å². The van der Waals surface area contributed by atoms with Crippen LogP contribution in [0.4, 0.5) is 0 Å². The minimum atomic E-state index is -0.566. The highest BCUT2D eigenvalue weighted by Crippen LogP contribution is 2.44. The number of ether oxygens (including phenoxy) is 10. The Morgan fingerprint density at radius 3 is 0.333 bits per heavy atom.